The molecule has 78 valence electrons. The van der Waals surface area contributed by atoms with E-state index in [2.05, 4.69) is 15.3 Å². The molecule has 0 aromatic carbocycles. The van der Waals surface area contributed by atoms with Crippen LogP contribution in [0.5, 0.6) is 0 Å². The van der Waals surface area contributed by atoms with Gasteiger partial charge in [-0.25, -0.2) is 9.97 Å². The number of alkyl halides is 1. The fourth-order valence-electron chi connectivity index (χ4n) is 1.07. The number of hydrogen-bond donors (Lipinski definition) is 1. The van der Waals surface area contributed by atoms with Crippen molar-refractivity contribution in [1.29, 1.82) is 0 Å². The van der Waals surface area contributed by atoms with Gasteiger partial charge in [-0.15, -0.1) is 11.6 Å². The molecule has 1 N–H and O–H groups in total. The van der Waals surface area contributed by atoms with Crippen LogP contribution in [0, 0.1) is 6.92 Å². The molecule has 1 aromatic heterocycles. The first-order chi connectivity index (χ1) is 6.76. The number of ether oxygens (including phenoxy) is 1. The molecular weight excluding hydrogens is 202 g/mol. The number of nitrogens with one attached hydrogen (secondary N) is 1. The molecule has 0 aliphatic rings. The molecule has 1 aromatic rings. The largest absolute Gasteiger partial charge is 0.383 e. The predicted octanol–water partition coefficient (Wildman–Crippen LogP) is 1.45. The summed E-state index contributed by atoms with van der Waals surface area (Å²) in [6.45, 7) is 2.41. The van der Waals surface area contributed by atoms with E-state index in [1.807, 2.05) is 13.0 Å². The average molecular weight is 216 g/mol. The van der Waals surface area contributed by atoms with Gasteiger partial charge in [0.2, 0.25) is 0 Å². The van der Waals surface area contributed by atoms with E-state index < -0.39 is 0 Å². The van der Waals surface area contributed by atoms with Crippen molar-refractivity contribution in [3.05, 3.63) is 18.1 Å². The number of rotatable bonds is 5. The molecule has 0 fully saturated rings. The second-order valence-corrected chi connectivity index (χ2v) is 3.25. The van der Waals surface area contributed by atoms with Crippen LogP contribution in [-0.4, -0.2) is 35.6 Å². The second-order valence-electron chi connectivity index (χ2n) is 2.94. The molecule has 0 spiro atoms. The zero-order valence-corrected chi connectivity index (χ0v) is 9.08. The van der Waals surface area contributed by atoms with Crippen molar-refractivity contribution in [1.82, 2.24) is 9.97 Å². The Hall–Kier alpha value is -0.870. The molecule has 0 saturated heterocycles. The van der Waals surface area contributed by atoms with Crippen molar-refractivity contribution in [3.63, 3.8) is 0 Å². The minimum Gasteiger partial charge on any atom is -0.383 e. The molecule has 0 radical (unpaired) electrons. The maximum Gasteiger partial charge on any atom is 0.129 e. The Bertz CT molecular complexity index is 283. The first kappa shape index (κ1) is 11.2. The summed E-state index contributed by atoms with van der Waals surface area (Å²) in [5.74, 6) is 2.00. The zero-order valence-electron chi connectivity index (χ0n) is 8.33. The van der Waals surface area contributed by atoms with Crippen molar-refractivity contribution in [3.8, 4) is 0 Å². The first-order valence-electron chi connectivity index (χ1n) is 4.37. The van der Waals surface area contributed by atoms with Gasteiger partial charge < -0.3 is 10.1 Å². The lowest BCUT2D eigenvalue weighted by atomic mass is 10.3. The van der Waals surface area contributed by atoms with E-state index in [4.69, 9.17) is 16.3 Å². The third kappa shape index (κ3) is 3.47. The smallest absolute Gasteiger partial charge is 0.129 e. The van der Waals surface area contributed by atoms with Gasteiger partial charge in [-0.2, -0.15) is 0 Å². The monoisotopic (exact) mass is 215 g/mol. The predicted molar refractivity (Wildman–Crippen MR) is 56.8 cm³/mol. The molecule has 14 heavy (non-hydrogen) atoms. The normalized spacial score (nSPS) is 12.5. The van der Waals surface area contributed by atoms with E-state index in [9.17, 15) is 0 Å². The maximum atomic E-state index is 5.75. The number of aromatic nitrogens is 2. The van der Waals surface area contributed by atoms with Crippen LogP contribution in [0.1, 0.15) is 5.82 Å². The first-order valence-corrected chi connectivity index (χ1v) is 4.90. The topological polar surface area (TPSA) is 47.0 Å². The van der Waals surface area contributed by atoms with Crippen LogP contribution in [0.25, 0.3) is 0 Å². The molecule has 1 rings (SSSR count). The summed E-state index contributed by atoms with van der Waals surface area (Å²) in [7, 11) is 1.65. The minimum absolute atomic E-state index is 0.0796. The van der Waals surface area contributed by atoms with Crippen LogP contribution >= 0.6 is 11.6 Å². The molecule has 0 aliphatic carbocycles. The Morgan fingerprint density at radius 3 is 3.00 bits per heavy atom. The fraction of sp³-hybridized carbons (Fsp3) is 0.556. The Morgan fingerprint density at radius 1 is 1.64 bits per heavy atom. The van der Waals surface area contributed by atoms with Crippen molar-refractivity contribution in [2.75, 3.05) is 24.9 Å². The maximum absolute atomic E-state index is 5.75. The highest BCUT2D eigenvalue weighted by Gasteiger charge is 2.06. The van der Waals surface area contributed by atoms with Crippen molar-refractivity contribution in [2.24, 2.45) is 0 Å². The molecule has 0 bridgehead atoms. The van der Waals surface area contributed by atoms with Gasteiger partial charge in [-0.3, -0.25) is 0 Å². The van der Waals surface area contributed by atoms with E-state index in [-0.39, 0.29) is 6.04 Å². The molecule has 0 saturated carbocycles. The van der Waals surface area contributed by atoms with Crippen LogP contribution in [-0.2, 0) is 4.74 Å². The number of methoxy groups -OCH3 is 1. The standard InChI is InChI=1S/C9H14ClN3O/c1-7-11-4-3-9(12-7)13-8(5-10)6-14-2/h3-4,8H,5-6H2,1-2H3,(H,11,12,13). The molecule has 1 unspecified atom stereocenters. The minimum atomic E-state index is 0.0796. The summed E-state index contributed by atoms with van der Waals surface area (Å²) in [6, 6.07) is 1.89. The number of anilines is 1. The van der Waals surface area contributed by atoms with Crippen molar-refractivity contribution >= 4 is 17.4 Å². The van der Waals surface area contributed by atoms with Gasteiger partial charge in [-0.05, 0) is 13.0 Å². The average Bonchev–Trinajstić information content (AvgIpc) is 2.17. The van der Waals surface area contributed by atoms with Gasteiger partial charge in [0.05, 0.1) is 12.6 Å². The number of aryl methyl sites for hydroxylation is 1. The quantitative estimate of drug-likeness (QED) is 0.756. The summed E-state index contributed by atoms with van der Waals surface area (Å²) >= 11 is 5.75. The van der Waals surface area contributed by atoms with Crippen LogP contribution in [0.3, 0.4) is 0 Å². The summed E-state index contributed by atoms with van der Waals surface area (Å²) < 4.78 is 5.01. The summed E-state index contributed by atoms with van der Waals surface area (Å²) in [4.78, 5) is 8.21. The highest BCUT2D eigenvalue weighted by atomic mass is 35.5. The summed E-state index contributed by atoms with van der Waals surface area (Å²) in [5, 5.41) is 3.16. The lowest BCUT2D eigenvalue weighted by molar-refractivity contribution is 0.191. The van der Waals surface area contributed by atoms with Crippen LogP contribution in [0.15, 0.2) is 12.3 Å². The number of hydrogen-bond acceptors (Lipinski definition) is 4. The van der Waals surface area contributed by atoms with Crippen LogP contribution in [0.4, 0.5) is 5.82 Å². The van der Waals surface area contributed by atoms with E-state index in [0.29, 0.717) is 12.5 Å². The van der Waals surface area contributed by atoms with Gasteiger partial charge in [0, 0.05) is 19.2 Å². The van der Waals surface area contributed by atoms with Crippen LogP contribution in [0.2, 0.25) is 0 Å². The van der Waals surface area contributed by atoms with E-state index >= 15 is 0 Å². The molecule has 0 amide bonds. The molecule has 5 heteroatoms. The fourth-order valence-corrected chi connectivity index (χ4v) is 1.24. The van der Waals surface area contributed by atoms with Gasteiger partial charge in [0.25, 0.3) is 0 Å². The summed E-state index contributed by atoms with van der Waals surface area (Å²) in [6.07, 6.45) is 1.71. The van der Waals surface area contributed by atoms with E-state index in [1.165, 1.54) is 0 Å². The SMILES string of the molecule is COCC(CCl)Nc1ccnc(C)n1. The van der Waals surface area contributed by atoms with Gasteiger partial charge in [0.1, 0.15) is 11.6 Å². The van der Waals surface area contributed by atoms with E-state index in [0.717, 1.165) is 11.6 Å². The van der Waals surface area contributed by atoms with Gasteiger partial charge in [0.15, 0.2) is 0 Å². The molecular formula is C9H14ClN3O. The van der Waals surface area contributed by atoms with Crippen molar-refractivity contribution in [2.45, 2.75) is 13.0 Å². The lowest BCUT2D eigenvalue weighted by Gasteiger charge is -2.15. The van der Waals surface area contributed by atoms with E-state index in [1.54, 1.807) is 13.3 Å². The third-order valence-corrected chi connectivity index (χ3v) is 2.05. The number of nitrogens with zero attached hydrogens (tertiary/aromatic N) is 2. The molecule has 0 aliphatic heterocycles. The molecule has 1 heterocycles. The highest BCUT2D eigenvalue weighted by molar-refractivity contribution is 6.18. The second kappa shape index (κ2) is 5.78. The highest BCUT2D eigenvalue weighted by Crippen LogP contribution is 2.04. The summed E-state index contributed by atoms with van der Waals surface area (Å²) in [5.41, 5.74) is 0. The van der Waals surface area contributed by atoms with Crippen LogP contribution < -0.4 is 5.32 Å². The van der Waals surface area contributed by atoms with Crippen molar-refractivity contribution < 1.29 is 4.74 Å². The Balaban J connectivity index is 2.57. The Morgan fingerprint density at radius 2 is 2.43 bits per heavy atom. The molecule has 4 nitrogen and oxygen atoms in total. The number of halogens is 1. The Labute approximate surface area is 88.7 Å². The Kier molecular flexibility index (Phi) is 4.62. The molecule has 1 atom stereocenters. The lowest BCUT2D eigenvalue weighted by Crippen LogP contribution is -2.27. The van der Waals surface area contributed by atoms with Gasteiger partial charge in [-0.1, -0.05) is 0 Å². The third-order valence-electron chi connectivity index (χ3n) is 1.68. The zero-order chi connectivity index (χ0) is 10.4. The van der Waals surface area contributed by atoms with Gasteiger partial charge >= 0.3 is 0 Å².